The highest BCUT2D eigenvalue weighted by atomic mass is 32.2. The molecule has 0 aliphatic carbocycles. The fourth-order valence-corrected chi connectivity index (χ4v) is 5.18. The van der Waals surface area contributed by atoms with E-state index in [4.69, 9.17) is 0 Å². The van der Waals surface area contributed by atoms with Crippen molar-refractivity contribution < 1.29 is 22.0 Å². The summed E-state index contributed by atoms with van der Waals surface area (Å²) in [6, 6.07) is 19.0. The van der Waals surface area contributed by atoms with Crippen LogP contribution >= 0.6 is 0 Å². The molecule has 0 bridgehead atoms. The second-order valence-corrected chi connectivity index (χ2v) is 9.80. The van der Waals surface area contributed by atoms with Crippen LogP contribution in [0.5, 0.6) is 0 Å². The van der Waals surface area contributed by atoms with Gasteiger partial charge in [-0.1, -0.05) is 42.5 Å². The predicted molar refractivity (Wildman–Crippen MR) is 126 cm³/mol. The number of hydrogen-bond acceptors (Lipinski definition) is 4. The van der Waals surface area contributed by atoms with E-state index in [2.05, 4.69) is 4.72 Å². The number of sulfonamides is 1. The van der Waals surface area contributed by atoms with Gasteiger partial charge in [-0.2, -0.15) is 4.72 Å². The fraction of sp³-hybridized carbons (Fsp3) is 0.240. The van der Waals surface area contributed by atoms with Gasteiger partial charge >= 0.3 is 0 Å². The van der Waals surface area contributed by atoms with E-state index < -0.39 is 21.9 Å². The molecule has 1 aliphatic rings. The molecule has 3 aromatic rings. The van der Waals surface area contributed by atoms with Crippen LogP contribution in [0, 0.1) is 11.6 Å². The summed E-state index contributed by atoms with van der Waals surface area (Å²) in [5.41, 5.74) is 1.28. The molecule has 1 unspecified atom stereocenters. The van der Waals surface area contributed by atoms with Gasteiger partial charge in [0.2, 0.25) is 15.9 Å². The smallest absolute Gasteiger partial charge is 0.241 e. The molecule has 1 atom stereocenters. The van der Waals surface area contributed by atoms with Gasteiger partial charge in [0.15, 0.2) is 0 Å². The van der Waals surface area contributed by atoms with E-state index in [1.807, 2.05) is 35.2 Å². The summed E-state index contributed by atoms with van der Waals surface area (Å²) in [5.74, 6) is -1.23. The summed E-state index contributed by atoms with van der Waals surface area (Å²) >= 11 is 0. The topological polar surface area (TPSA) is 69.7 Å². The van der Waals surface area contributed by atoms with Crippen molar-refractivity contribution in [2.45, 2.75) is 17.4 Å². The van der Waals surface area contributed by atoms with Crippen LogP contribution < -0.4 is 9.62 Å². The van der Waals surface area contributed by atoms with Crippen LogP contribution in [0.2, 0.25) is 0 Å². The van der Waals surface area contributed by atoms with Crippen molar-refractivity contribution in [3.8, 4) is 0 Å². The van der Waals surface area contributed by atoms with Gasteiger partial charge in [0.05, 0.1) is 10.6 Å². The highest BCUT2D eigenvalue weighted by molar-refractivity contribution is 7.89. The summed E-state index contributed by atoms with van der Waals surface area (Å²) in [5, 5.41) is 0. The SMILES string of the molecule is O=C(C(Cc1ccccc1)NS(=O)(=O)c1ccc(F)cc1)N1CCN(c2ccccc2F)CC1. The van der Waals surface area contributed by atoms with Crippen molar-refractivity contribution in [1.29, 1.82) is 0 Å². The van der Waals surface area contributed by atoms with E-state index in [9.17, 15) is 22.0 Å². The Labute approximate surface area is 197 Å². The van der Waals surface area contributed by atoms with Crippen LogP contribution in [-0.2, 0) is 21.2 Å². The van der Waals surface area contributed by atoms with Gasteiger partial charge in [-0.15, -0.1) is 0 Å². The molecule has 4 rings (SSSR count). The normalized spacial score (nSPS) is 15.2. The Morgan fingerprint density at radius 3 is 2.12 bits per heavy atom. The maximum absolute atomic E-state index is 14.1. The van der Waals surface area contributed by atoms with Crippen LogP contribution in [0.4, 0.5) is 14.5 Å². The average Bonchev–Trinajstić information content (AvgIpc) is 2.84. The number of carbonyl (C=O) groups is 1. The Morgan fingerprint density at radius 2 is 1.47 bits per heavy atom. The molecule has 3 aromatic carbocycles. The summed E-state index contributed by atoms with van der Waals surface area (Å²) in [6.07, 6.45) is 0.160. The molecule has 0 spiro atoms. The summed E-state index contributed by atoms with van der Waals surface area (Å²) in [7, 11) is -4.06. The quantitative estimate of drug-likeness (QED) is 0.558. The van der Waals surface area contributed by atoms with Gasteiger partial charge in [0.25, 0.3) is 0 Å². The first-order chi connectivity index (χ1) is 16.3. The fourth-order valence-electron chi connectivity index (χ4n) is 3.99. The number of carbonyl (C=O) groups excluding carboxylic acids is 1. The zero-order valence-electron chi connectivity index (χ0n) is 18.4. The first kappa shape index (κ1) is 23.8. The Morgan fingerprint density at radius 1 is 0.853 bits per heavy atom. The lowest BCUT2D eigenvalue weighted by Gasteiger charge is -2.37. The van der Waals surface area contributed by atoms with Crippen molar-refractivity contribution >= 4 is 21.6 Å². The van der Waals surface area contributed by atoms with Gasteiger partial charge in [-0.3, -0.25) is 4.79 Å². The van der Waals surface area contributed by atoms with Crippen LogP contribution in [0.1, 0.15) is 5.56 Å². The van der Waals surface area contributed by atoms with Crippen molar-refractivity contribution in [3.05, 3.63) is 96.1 Å². The van der Waals surface area contributed by atoms with Crippen molar-refractivity contribution in [2.75, 3.05) is 31.1 Å². The number of nitrogens with zero attached hydrogens (tertiary/aromatic N) is 2. The molecule has 34 heavy (non-hydrogen) atoms. The number of halogens is 2. The summed E-state index contributed by atoms with van der Waals surface area (Å²) in [6.45, 7) is 1.51. The van der Waals surface area contributed by atoms with Crippen LogP contribution in [-0.4, -0.2) is 51.4 Å². The van der Waals surface area contributed by atoms with E-state index >= 15 is 0 Å². The average molecular weight is 486 g/mol. The minimum atomic E-state index is -4.06. The van der Waals surface area contributed by atoms with Gasteiger partial charge in [-0.05, 0) is 48.4 Å². The number of piperazine rings is 1. The van der Waals surface area contributed by atoms with Crippen molar-refractivity contribution in [3.63, 3.8) is 0 Å². The molecule has 1 amide bonds. The number of para-hydroxylation sites is 1. The largest absolute Gasteiger partial charge is 0.366 e. The van der Waals surface area contributed by atoms with Crippen molar-refractivity contribution in [1.82, 2.24) is 9.62 Å². The van der Waals surface area contributed by atoms with E-state index in [1.54, 1.807) is 23.1 Å². The number of hydrogen-bond donors (Lipinski definition) is 1. The molecule has 0 aromatic heterocycles. The zero-order valence-corrected chi connectivity index (χ0v) is 19.2. The second-order valence-electron chi connectivity index (χ2n) is 8.08. The molecule has 9 heteroatoms. The zero-order chi connectivity index (χ0) is 24.1. The number of benzene rings is 3. The first-order valence-corrected chi connectivity index (χ1v) is 12.4. The lowest BCUT2D eigenvalue weighted by atomic mass is 10.1. The Bertz CT molecular complexity index is 1230. The number of nitrogens with one attached hydrogen (secondary N) is 1. The summed E-state index contributed by atoms with van der Waals surface area (Å²) in [4.78, 5) is 16.8. The molecular formula is C25H25F2N3O3S. The standard InChI is InChI=1S/C25H25F2N3O3S/c26-20-10-12-21(13-11-20)34(32,33)28-23(18-19-6-2-1-3-7-19)25(31)30-16-14-29(15-17-30)24-9-5-4-8-22(24)27/h1-13,23,28H,14-18H2. The molecule has 178 valence electrons. The predicted octanol–water partition coefficient (Wildman–Crippen LogP) is 3.20. The number of anilines is 1. The van der Waals surface area contributed by atoms with Gasteiger partial charge in [0.1, 0.15) is 17.7 Å². The van der Waals surface area contributed by atoms with Crippen LogP contribution in [0.15, 0.2) is 83.8 Å². The molecule has 0 radical (unpaired) electrons. The monoisotopic (exact) mass is 485 g/mol. The highest BCUT2D eigenvalue weighted by Gasteiger charge is 2.31. The third-order valence-corrected chi connectivity index (χ3v) is 7.27. The highest BCUT2D eigenvalue weighted by Crippen LogP contribution is 2.21. The first-order valence-electron chi connectivity index (χ1n) is 10.9. The third kappa shape index (κ3) is 5.60. The van der Waals surface area contributed by atoms with Crippen molar-refractivity contribution in [2.24, 2.45) is 0 Å². The number of rotatable bonds is 7. The van der Waals surface area contributed by atoms with Crippen LogP contribution in [0.25, 0.3) is 0 Å². The lowest BCUT2D eigenvalue weighted by Crippen LogP contribution is -2.55. The van der Waals surface area contributed by atoms with Crippen LogP contribution in [0.3, 0.4) is 0 Å². The molecule has 1 aliphatic heterocycles. The van der Waals surface area contributed by atoms with E-state index in [0.29, 0.717) is 31.9 Å². The number of amides is 1. The maximum atomic E-state index is 14.1. The van der Waals surface area contributed by atoms with E-state index in [-0.39, 0.29) is 23.0 Å². The molecule has 0 saturated carbocycles. The molecule has 6 nitrogen and oxygen atoms in total. The maximum Gasteiger partial charge on any atom is 0.241 e. The molecule has 1 fully saturated rings. The molecule has 1 heterocycles. The Balaban J connectivity index is 1.51. The van der Waals surface area contributed by atoms with Gasteiger partial charge < -0.3 is 9.80 Å². The third-order valence-electron chi connectivity index (χ3n) is 5.79. The Kier molecular flexibility index (Phi) is 7.23. The second kappa shape index (κ2) is 10.3. The van der Waals surface area contributed by atoms with Gasteiger partial charge in [0, 0.05) is 26.2 Å². The summed E-state index contributed by atoms with van der Waals surface area (Å²) < 4.78 is 55.8. The molecular weight excluding hydrogens is 460 g/mol. The minimum Gasteiger partial charge on any atom is -0.366 e. The Hall–Kier alpha value is -3.30. The molecule has 1 N–H and O–H groups in total. The lowest BCUT2D eigenvalue weighted by molar-refractivity contribution is -0.133. The van der Waals surface area contributed by atoms with E-state index in [0.717, 1.165) is 29.8 Å². The minimum absolute atomic E-state index is 0.121. The molecule has 1 saturated heterocycles. The van der Waals surface area contributed by atoms with E-state index in [1.165, 1.54) is 6.07 Å². The van der Waals surface area contributed by atoms with Gasteiger partial charge in [-0.25, -0.2) is 17.2 Å².